The predicted octanol–water partition coefficient (Wildman–Crippen LogP) is 4.78. The molecule has 0 saturated heterocycles. The van der Waals surface area contributed by atoms with E-state index >= 15 is 0 Å². The first kappa shape index (κ1) is 17.0. The summed E-state index contributed by atoms with van der Waals surface area (Å²) in [6.07, 6.45) is 3.17. The van der Waals surface area contributed by atoms with Crippen molar-refractivity contribution in [3.8, 4) is 5.75 Å². The number of ether oxygens (including phenoxy) is 1. The van der Waals surface area contributed by atoms with E-state index in [0.717, 1.165) is 10.9 Å². The van der Waals surface area contributed by atoms with E-state index in [-0.39, 0.29) is 5.91 Å². The molecule has 6 heteroatoms. The number of fused-ring (bicyclic) bond motifs is 1. The molecule has 0 N–H and O–H groups in total. The Hall–Kier alpha value is -3.41. The van der Waals surface area contributed by atoms with Crippen molar-refractivity contribution >= 4 is 16.9 Å². The zero-order valence-electron chi connectivity index (χ0n) is 15.1. The minimum Gasteiger partial charge on any atom is -0.497 e. The van der Waals surface area contributed by atoms with Gasteiger partial charge in [0.2, 0.25) is 0 Å². The molecule has 1 aromatic carbocycles. The number of carbonyl (C=O) groups excluding carboxylic acids is 1. The molecule has 0 atom stereocenters. The molecule has 0 aliphatic heterocycles. The maximum Gasteiger partial charge on any atom is 0.290 e. The number of nitrogens with zero attached hydrogens (tertiary/aromatic N) is 1. The number of carbonyl (C=O) groups is 1. The van der Waals surface area contributed by atoms with E-state index in [4.69, 9.17) is 18.0 Å². The molecule has 3 heterocycles. The molecule has 0 aliphatic carbocycles. The number of rotatable bonds is 6. The first-order chi connectivity index (χ1) is 13.2. The topological polar surface area (TPSA) is 69.0 Å². The van der Waals surface area contributed by atoms with E-state index in [9.17, 15) is 4.79 Å². The summed E-state index contributed by atoms with van der Waals surface area (Å²) >= 11 is 0. The lowest BCUT2D eigenvalue weighted by Gasteiger charge is -2.19. The first-order valence-corrected chi connectivity index (χ1v) is 8.57. The number of methoxy groups -OCH3 is 1. The zero-order valence-corrected chi connectivity index (χ0v) is 15.1. The van der Waals surface area contributed by atoms with Crippen molar-refractivity contribution in [2.45, 2.75) is 20.0 Å². The quantitative estimate of drug-likeness (QED) is 0.492. The van der Waals surface area contributed by atoms with Crippen molar-refractivity contribution < 1.29 is 22.8 Å². The summed E-state index contributed by atoms with van der Waals surface area (Å²) in [6, 6.07) is 12.7. The van der Waals surface area contributed by atoms with E-state index in [1.807, 2.05) is 31.2 Å². The average Bonchev–Trinajstić information content (AvgIpc) is 3.43. The maximum absolute atomic E-state index is 13.3. The highest BCUT2D eigenvalue weighted by atomic mass is 16.5. The second-order valence-electron chi connectivity index (χ2n) is 6.24. The van der Waals surface area contributed by atoms with Crippen LogP contribution in [0.25, 0.3) is 11.0 Å². The third-order valence-electron chi connectivity index (χ3n) is 4.48. The van der Waals surface area contributed by atoms with E-state index in [1.165, 1.54) is 0 Å². The van der Waals surface area contributed by atoms with E-state index in [1.54, 1.807) is 42.7 Å². The fourth-order valence-corrected chi connectivity index (χ4v) is 3.06. The molecular weight excluding hydrogens is 346 g/mol. The van der Waals surface area contributed by atoms with Crippen LogP contribution in [0.2, 0.25) is 0 Å². The van der Waals surface area contributed by atoms with Crippen molar-refractivity contribution in [2.75, 3.05) is 7.11 Å². The van der Waals surface area contributed by atoms with Crippen molar-refractivity contribution in [3.05, 3.63) is 77.8 Å². The van der Waals surface area contributed by atoms with Crippen LogP contribution in [-0.4, -0.2) is 17.9 Å². The highest BCUT2D eigenvalue weighted by Gasteiger charge is 2.25. The molecule has 1 amide bonds. The summed E-state index contributed by atoms with van der Waals surface area (Å²) in [6.45, 7) is 2.50. The number of benzene rings is 1. The van der Waals surface area contributed by atoms with Gasteiger partial charge in [0.1, 0.15) is 22.9 Å². The van der Waals surface area contributed by atoms with Crippen LogP contribution >= 0.6 is 0 Å². The van der Waals surface area contributed by atoms with Crippen LogP contribution in [0, 0.1) is 6.92 Å². The molecular formula is C21H19NO5. The van der Waals surface area contributed by atoms with Crippen molar-refractivity contribution in [2.24, 2.45) is 0 Å². The fourth-order valence-electron chi connectivity index (χ4n) is 3.06. The second-order valence-corrected chi connectivity index (χ2v) is 6.24. The van der Waals surface area contributed by atoms with Crippen LogP contribution in [0.1, 0.15) is 27.6 Å². The minimum absolute atomic E-state index is 0.226. The van der Waals surface area contributed by atoms with Crippen LogP contribution in [0.15, 0.2) is 68.2 Å². The molecule has 6 nitrogen and oxygen atoms in total. The Morgan fingerprint density at radius 1 is 1.04 bits per heavy atom. The number of hydrogen-bond donors (Lipinski definition) is 0. The zero-order chi connectivity index (χ0) is 18.8. The summed E-state index contributed by atoms with van der Waals surface area (Å²) in [7, 11) is 1.61. The van der Waals surface area contributed by atoms with Gasteiger partial charge in [-0.1, -0.05) is 0 Å². The monoisotopic (exact) mass is 365 g/mol. The third kappa shape index (κ3) is 3.33. The van der Waals surface area contributed by atoms with Gasteiger partial charge in [-0.25, -0.2) is 0 Å². The van der Waals surface area contributed by atoms with Gasteiger partial charge in [-0.15, -0.1) is 0 Å². The number of aryl methyl sites for hydroxylation is 1. The smallest absolute Gasteiger partial charge is 0.290 e. The normalized spacial score (nSPS) is 11.0. The van der Waals surface area contributed by atoms with Crippen LogP contribution in [0.3, 0.4) is 0 Å². The van der Waals surface area contributed by atoms with Gasteiger partial charge < -0.3 is 22.9 Å². The van der Waals surface area contributed by atoms with Gasteiger partial charge in [0.05, 0.1) is 32.7 Å². The summed E-state index contributed by atoms with van der Waals surface area (Å²) < 4.78 is 22.0. The minimum atomic E-state index is -0.226. The highest BCUT2D eigenvalue weighted by molar-refractivity contribution is 5.99. The molecule has 0 aliphatic rings. The molecule has 0 unspecified atom stereocenters. The average molecular weight is 365 g/mol. The maximum atomic E-state index is 13.3. The molecule has 27 heavy (non-hydrogen) atoms. The van der Waals surface area contributed by atoms with Gasteiger partial charge in [0.25, 0.3) is 5.91 Å². The Kier molecular flexibility index (Phi) is 4.46. The van der Waals surface area contributed by atoms with Gasteiger partial charge in [-0.3, -0.25) is 4.79 Å². The Balaban J connectivity index is 1.69. The highest BCUT2D eigenvalue weighted by Crippen LogP contribution is 2.30. The van der Waals surface area contributed by atoms with Crippen LogP contribution in [0.5, 0.6) is 5.75 Å². The van der Waals surface area contributed by atoms with Crippen molar-refractivity contribution in [1.29, 1.82) is 0 Å². The number of hydrogen-bond acceptors (Lipinski definition) is 5. The summed E-state index contributed by atoms with van der Waals surface area (Å²) in [5, 5.41) is 0.855. The molecule has 0 bridgehead atoms. The van der Waals surface area contributed by atoms with E-state index in [2.05, 4.69) is 0 Å². The summed E-state index contributed by atoms with van der Waals surface area (Å²) in [4.78, 5) is 14.9. The van der Waals surface area contributed by atoms with E-state index < -0.39 is 0 Å². The fraction of sp³-hybridized carbons (Fsp3) is 0.190. The Morgan fingerprint density at radius 3 is 2.26 bits per heavy atom. The Bertz CT molecular complexity index is 1010. The number of furan rings is 3. The van der Waals surface area contributed by atoms with Gasteiger partial charge in [0.15, 0.2) is 5.76 Å². The summed E-state index contributed by atoms with van der Waals surface area (Å²) in [5.41, 5.74) is 1.42. The van der Waals surface area contributed by atoms with Crippen LogP contribution < -0.4 is 4.74 Å². The third-order valence-corrected chi connectivity index (χ3v) is 4.48. The molecule has 4 rings (SSSR count). The standard InChI is InChI=1S/C21H19NO5/c1-14-18-11-15(24-2)7-8-19(18)27-20(14)21(23)22(12-16-5-3-9-25-16)13-17-6-4-10-26-17/h3-11H,12-13H2,1-2H3. The lowest BCUT2D eigenvalue weighted by Crippen LogP contribution is -2.30. The lowest BCUT2D eigenvalue weighted by atomic mass is 10.1. The number of amides is 1. The molecule has 0 saturated carbocycles. The SMILES string of the molecule is COc1ccc2oc(C(=O)N(Cc3ccco3)Cc3ccco3)c(C)c2c1. The molecule has 4 aromatic rings. The lowest BCUT2D eigenvalue weighted by molar-refractivity contribution is 0.0674. The van der Waals surface area contributed by atoms with Gasteiger partial charge >= 0.3 is 0 Å². The largest absolute Gasteiger partial charge is 0.497 e. The Morgan fingerprint density at radius 2 is 1.70 bits per heavy atom. The summed E-state index contributed by atoms with van der Waals surface area (Å²) in [5.74, 6) is 2.16. The Labute approximate surface area is 155 Å². The predicted molar refractivity (Wildman–Crippen MR) is 98.5 cm³/mol. The molecule has 0 radical (unpaired) electrons. The van der Waals surface area contributed by atoms with Gasteiger partial charge in [-0.2, -0.15) is 0 Å². The van der Waals surface area contributed by atoms with Crippen LogP contribution in [-0.2, 0) is 13.1 Å². The van der Waals surface area contributed by atoms with Gasteiger partial charge in [0, 0.05) is 10.9 Å². The first-order valence-electron chi connectivity index (χ1n) is 8.57. The van der Waals surface area contributed by atoms with Crippen LogP contribution in [0.4, 0.5) is 0 Å². The van der Waals surface area contributed by atoms with E-state index in [0.29, 0.717) is 41.7 Å². The molecule has 3 aromatic heterocycles. The van der Waals surface area contributed by atoms with Gasteiger partial charge in [-0.05, 0) is 49.4 Å². The second kappa shape index (κ2) is 7.07. The van der Waals surface area contributed by atoms with Crippen molar-refractivity contribution in [1.82, 2.24) is 4.90 Å². The molecule has 0 spiro atoms. The van der Waals surface area contributed by atoms with Crippen molar-refractivity contribution in [3.63, 3.8) is 0 Å². The molecule has 138 valence electrons. The molecule has 0 fully saturated rings.